The van der Waals surface area contributed by atoms with Gasteiger partial charge in [0.1, 0.15) is 0 Å². The van der Waals surface area contributed by atoms with Gasteiger partial charge in [-0.15, -0.1) is 0 Å². The first-order valence-corrected chi connectivity index (χ1v) is 7.85. The van der Waals surface area contributed by atoms with Crippen LogP contribution < -0.4 is 11.5 Å². The van der Waals surface area contributed by atoms with Gasteiger partial charge in [0, 0.05) is 23.5 Å². The minimum Gasteiger partial charge on any atom is -0.397 e. The quantitative estimate of drug-likeness (QED) is 0.589. The third-order valence-corrected chi connectivity index (χ3v) is 4.50. The molecule has 0 atom stereocenters. The number of thiazole rings is 1. The molecule has 0 amide bonds. The first-order chi connectivity index (χ1) is 11.2. The molecule has 0 saturated carbocycles. The Morgan fingerprint density at radius 1 is 0.957 bits per heavy atom. The molecular formula is C17H13N5S. The van der Waals surface area contributed by atoms with Gasteiger partial charge in [0.25, 0.3) is 0 Å². The van der Waals surface area contributed by atoms with Gasteiger partial charge in [-0.2, -0.15) is 0 Å². The number of benzene rings is 1. The molecule has 0 fully saturated rings. The third kappa shape index (κ3) is 2.49. The molecule has 0 bridgehead atoms. The lowest BCUT2D eigenvalue weighted by Crippen LogP contribution is -1.89. The van der Waals surface area contributed by atoms with Crippen LogP contribution in [0.25, 0.3) is 32.6 Å². The number of hydrogen-bond acceptors (Lipinski definition) is 6. The Balaban J connectivity index is 1.99. The fourth-order valence-electron chi connectivity index (χ4n) is 2.51. The van der Waals surface area contributed by atoms with Crippen LogP contribution in [0.5, 0.6) is 0 Å². The maximum absolute atomic E-state index is 5.91. The molecule has 23 heavy (non-hydrogen) atoms. The number of nitrogen functional groups attached to an aromatic ring is 2. The van der Waals surface area contributed by atoms with Crippen LogP contribution in [-0.4, -0.2) is 15.0 Å². The van der Waals surface area contributed by atoms with Crippen LogP contribution in [0.15, 0.2) is 55.0 Å². The van der Waals surface area contributed by atoms with Gasteiger partial charge in [-0.25, -0.2) is 4.98 Å². The highest BCUT2D eigenvalue weighted by atomic mass is 32.1. The minimum atomic E-state index is 0.542. The number of pyridine rings is 2. The van der Waals surface area contributed by atoms with Gasteiger partial charge in [-0.3, -0.25) is 9.97 Å². The number of hydrogen-bond donors (Lipinski definition) is 2. The van der Waals surface area contributed by atoms with Gasteiger partial charge in [0.15, 0.2) is 5.13 Å². The van der Waals surface area contributed by atoms with E-state index in [-0.39, 0.29) is 0 Å². The van der Waals surface area contributed by atoms with Gasteiger partial charge < -0.3 is 11.5 Å². The fraction of sp³-hybridized carbons (Fsp3) is 0. The Labute approximate surface area is 136 Å². The summed E-state index contributed by atoms with van der Waals surface area (Å²) in [5.41, 5.74) is 17.0. The number of fused-ring (bicyclic) bond motifs is 1. The molecular weight excluding hydrogens is 306 g/mol. The lowest BCUT2D eigenvalue weighted by Gasteiger charge is -2.07. The molecule has 112 valence electrons. The van der Waals surface area contributed by atoms with E-state index in [4.69, 9.17) is 11.5 Å². The van der Waals surface area contributed by atoms with E-state index in [0.717, 1.165) is 32.6 Å². The maximum atomic E-state index is 5.91. The molecule has 0 unspecified atom stereocenters. The van der Waals surface area contributed by atoms with Crippen LogP contribution in [0.1, 0.15) is 0 Å². The summed E-state index contributed by atoms with van der Waals surface area (Å²) in [6.45, 7) is 0. The van der Waals surface area contributed by atoms with E-state index in [1.807, 2.05) is 36.5 Å². The summed E-state index contributed by atoms with van der Waals surface area (Å²) >= 11 is 1.46. The zero-order chi connectivity index (χ0) is 15.8. The second-order valence-corrected chi connectivity index (χ2v) is 6.17. The van der Waals surface area contributed by atoms with E-state index >= 15 is 0 Å². The van der Waals surface area contributed by atoms with Crippen molar-refractivity contribution in [3.05, 3.63) is 55.0 Å². The molecule has 0 spiro atoms. The van der Waals surface area contributed by atoms with E-state index in [2.05, 4.69) is 21.0 Å². The van der Waals surface area contributed by atoms with Crippen molar-refractivity contribution in [2.75, 3.05) is 11.5 Å². The normalized spacial score (nSPS) is 11.0. The summed E-state index contributed by atoms with van der Waals surface area (Å²) in [6.07, 6.45) is 5.24. The van der Waals surface area contributed by atoms with E-state index in [9.17, 15) is 0 Å². The molecule has 4 aromatic rings. The average Bonchev–Trinajstić information content (AvgIpc) is 2.96. The summed E-state index contributed by atoms with van der Waals surface area (Å²) in [5.74, 6) is 0. The summed E-state index contributed by atoms with van der Waals surface area (Å²) in [7, 11) is 0. The largest absolute Gasteiger partial charge is 0.397 e. The molecule has 0 aliphatic rings. The molecule has 3 aromatic heterocycles. The van der Waals surface area contributed by atoms with Crippen LogP contribution in [0.2, 0.25) is 0 Å². The Kier molecular flexibility index (Phi) is 3.17. The van der Waals surface area contributed by atoms with Gasteiger partial charge in [0.2, 0.25) is 0 Å². The SMILES string of the molecule is Nc1ccc(-c2cc(-c3cccnc3)cc3nc(N)sc23)nc1. The van der Waals surface area contributed by atoms with Crippen LogP contribution in [0, 0.1) is 0 Å². The highest BCUT2D eigenvalue weighted by molar-refractivity contribution is 7.22. The molecule has 3 heterocycles. The number of aromatic nitrogens is 3. The number of anilines is 2. The molecule has 5 nitrogen and oxygen atoms in total. The highest BCUT2D eigenvalue weighted by Crippen LogP contribution is 2.37. The molecule has 6 heteroatoms. The van der Waals surface area contributed by atoms with Crippen molar-refractivity contribution >= 4 is 32.4 Å². The number of rotatable bonds is 2. The van der Waals surface area contributed by atoms with Gasteiger partial charge in [-0.05, 0) is 35.9 Å². The first kappa shape index (κ1) is 13.7. The zero-order valence-electron chi connectivity index (χ0n) is 12.1. The predicted molar refractivity (Wildman–Crippen MR) is 94.9 cm³/mol. The Hall–Kier alpha value is -2.99. The van der Waals surface area contributed by atoms with Crippen molar-refractivity contribution in [3.63, 3.8) is 0 Å². The van der Waals surface area contributed by atoms with Crippen molar-refractivity contribution < 1.29 is 0 Å². The summed E-state index contributed by atoms with van der Waals surface area (Å²) in [4.78, 5) is 13.1. The van der Waals surface area contributed by atoms with Gasteiger partial charge in [-0.1, -0.05) is 17.4 Å². The topological polar surface area (TPSA) is 90.7 Å². The second-order valence-electron chi connectivity index (χ2n) is 5.14. The van der Waals surface area contributed by atoms with E-state index in [1.54, 1.807) is 12.4 Å². The summed E-state index contributed by atoms with van der Waals surface area (Å²) in [6, 6.07) is 11.8. The third-order valence-electron chi connectivity index (χ3n) is 3.56. The molecule has 0 radical (unpaired) electrons. The van der Waals surface area contributed by atoms with E-state index in [0.29, 0.717) is 10.8 Å². The Morgan fingerprint density at radius 3 is 2.61 bits per heavy atom. The van der Waals surface area contributed by atoms with Gasteiger partial charge >= 0.3 is 0 Å². The smallest absolute Gasteiger partial charge is 0.181 e. The molecule has 0 aliphatic heterocycles. The van der Waals surface area contributed by atoms with E-state index < -0.39 is 0 Å². The highest BCUT2D eigenvalue weighted by Gasteiger charge is 2.13. The lowest BCUT2D eigenvalue weighted by molar-refractivity contribution is 1.32. The van der Waals surface area contributed by atoms with E-state index in [1.165, 1.54) is 11.3 Å². The summed E-state index contributed by atoms with van der Waals surface area (Å²) < 4.78 is 1.02. The van der Waals surface area contributed by atoms with Crippen LogP contribution in [0.3, 0.4) is 0 Å². The van der Waals surface area contributed by atoms with Crippen molar-refractivity contribution in [1.82, 2.24) is 15.0 Å². The lowest BCUT2D eigenvalue weighted by atomic mass is 10.0. The number of nitrogens with two attached hydrogens (primary N) is 2. The number of nitrogens with zero attached hydrogens (tertiary/aromatic N) is 3. The average molecular weight is 319 g/mol. The molecule has 4 rings (SSSR count). The first-order valence-electron chi connectivity index (χ1n) is 7.03. The second kappa shape index (κ2) is 5.33. The van der Waals surface area contributed by atoms with Crippen LogP contribution in [0.4, 0.5) is 10.8 Å². The maximum Gasteiger partial charge on any atom is 0.181 e. The standard InChI is InChI=1S/C17H13N5S/c18-12-3-4-14(21-9-12)13-6-11(10-2-1-5-20-8-10)7-15-16(13)23-17(19)22-15/h1-9H,18H2,(H2,19,22). The zero-order valence-corrected chi connectivity index (χ0v) is 12.9. The van der Waals surface area contributed by atoms with Crippen molar-refractivity contribution in [1.29, 1.82) is 0 Å². The van der Waals surface area contributed by atoms with Crippen molar-refractivity contribution in [3.8, 4) is 22.4 Å². The minimum absolute atomic E-state index is 0.542. The van der Waals surface area contributed by atoms with Gasteiger partial charge in [0.05, 0.1) is 27.8 Å². The monoisotopic (exact) mass is 319 g/mol. The molecule has 1 aromatic carbocycles. The molecule has 0 aliphatic carbocycles. The molecule has 4 N–H and O–H groups in total. The summed E-state index contributed by atoms with van der Waals surface area (Å²) in [5, 5.41) is 0.542. The van der Waals surface area contributed by atoms with Crippen LogP contribution in [-0.2, 0) is 0 Å². The Bertz CT molecular complexity index is 977. The predicted octanol–water partition coefficient (Wildman–Crippen LogP) is 3.58. The van der Waals surface area contributed by atoms with Crippen molar-refractivity contribution in [2.24, 2.45) is 0 Å². The Morgan fingerprint density at radius 2 is 1.87 bits per heavy atom. The van der Waals surface area contributed by atoms with Crippen LogP contribution >= 0.6 is 11.3 Å². The fourth-order valence-corrected chi connectivity index (χ4v) is 3.34. The molecule has 0 saturated heterocycles. The van der Waals surface area contributed by atoms with Crippen molar-refractivity contribution in [2.45, 2.75) is 0 Å².